The monoisotopic (exact) mass is 337 g/mol. The predicted octanol–water partition coefficient (Wildman–Crippen LogP) is 4.07. The highest BCUT2D eigenvalue weighted by Gasteiger charge is 2.02. The molecule has 1 N–H and O–H groups in total. The van der Waals surface area contributed by atoms with Crippen molar-refractivity contribution in [3.63, 3.8) is 0 Å². The fourth-order valence-corrected chi connectivity index (χ4v) is 2.95. The van der Waals surface area contributed by atoms with Crippen LogP contribution in [0.5, 0.6) is 0 Å². The number of thioether (sulfide) groups is 1. The number of halogens is 2. The van der Waals surface area contributed by atoms with E-state index in [4.69, 9.17) is 11.6 Å². The van der Waals surface area contributed by atoms with Crippen molar-refractivity contribution in [1.82, 2.24) is 5.32 Å². The average molecular weight is 338 g/mol. The second-order valence-corrected chi connectivity index (χ2v) is 6.27. The summed E-state index contributed by atoms with van der Waals surface area (Å²) in [6.45, 7) is 0.558. The maximum atomic E-state index is 12.8. The molecule has 0 bridgehead atoms. The Morgan fingerprint density at radius 2 is 1.91 bits per heavy atom. The fraction of sp³-hybridized carbons (Fsp3) is 0.235. The van der Waals surface area contributed by atoms with Gasteiger partial charge < -0.3 is 5.32 Å². The minimum absolute atomic E-state index is 0.00846. The molecule has 2 aromatic carbocycles. The fourth-order valence-electron chi connectivity index (χ4n) is 1.94. The summed E-state index contributed by atoms with van der Waals surface area (Å²) in [6.07, 6.45) is 0.699. The van der Waals surface area contributed by atoms with Crippen LogP contribution in [0.1, 0.15) is 11.1 Å². The van der Waals surface area contributed by atoms with Crippen molar-refractivity contribution in [3.05, 3.63) is 70.5 Å². The lowest BCUT2D eigenvalue weighted by Gasteiger charge is -2.06. The summed E-state index contributed by atoms with van der Waals surface area (Å²) in [6, 6.07) is 14.0. The zero-order valence-corrected chi connectivity index (χ0v) is 13.6. The number of rotatable bonds is 7. The van der Waals surface area contributed by atoms with Gasteiger partial charge in [0.1, 0.15) is 5.82 Å². The molecule has 2 rings (SSSR count). The number of carbonyl (C=O) groups excluding carboxylic acids is 1. The van der Waals surface area contributed by atoms with Crippen LogP contribution >= 0.6 is 23.4 Å². The largest absolute Gasteiger partial charge is 0.355 e. The van der Waals surface area contributed by atoms with Gasteiger partial charge in [0.2, 0.25) is 5.91 Å². The third kappa shape index (κ3) is 6.08. The van der Waals surface area contributed by atoms with Crippen molar-refractivity contribution in [2.75, 3.05) is 12.3 Å². The minimum atomic E-state index is -0.245. The van der Waals surface area contributed by atoms with Crippen LogP contribution in [-0.2, 0) is 17.0 Å². The molecule has 1 amide bonds. The summed E-state index contributed by atoms with van der Waals surface area (Å²) in [5, 5.41) is 3.57. The first-order chi connectivity index (χ1) is 10.6. The van der Waals surface area contributed by atoms with E-state index in [-0.39, 0.29) is 11.7 Å². The van der Waals surface area contributed by atoms with Crippen molar-refractivity contribution in [3.8, 4) is 0 Å². The van der Waals surface area contributed by atoms with Crippen molar-refractivity contribution in [2.24, 2.45) is 0 Å². The van der Waals surface area contributed by atoms with Crippen LogP contribution in [0.15, 0.2) is 48.5 Å². The number of benzene rings is 2. The quantitative estimate of drug-likeness (QED) is 0.825. The second kappa shape index (κ2) is 8.81. The summed E-state index contributed by atoms with van der Waals surface area (Å²) < 4.78 is 12.8. The predicted molar refractivity (Wildman–Crippen MR) is 90.7 cm³/mol. The normalized spacial score (nSPS) is 10.5. The molecule has 5 heteroatoms. The Balaban J connectivity index is 1.62. The van der Waals surface area contributed by atoms with Gasteiger partial charge in [-0.15, -0.1) is 11.8 Å². The van der Waals surface area contributed by atoms with Gasteiger partial charge >= 0.3 is 0 Å². The molecule has 0 spiro atoms. The molecule has 0 saturated carbocycles. The van der Waals surface area contributed by atoms with Crippen LogP contribution in [-0.4, -0.2) is 18.2 Å². The first-order valence-corrected chi connectivity index (χ1v) is 8.50. The van der Waals surface area contributed by atoms with Gasteiger partial charge in [-0.1, -0.05) is 35.9 Å². The lowest BCUT2D eigenvalue weighted by atomic mass is 10.1. The van der Waals surface area contributed by atoms with Gasteiger partial charge in [-0.2, -0.15) is 0 Å². The van der Waals surface area contributed by atoms with Gasteiger partial charge in [0.25, 0.3) is 0 Å². The van der Waals surface area contributed by atoms with E-state index in [2.05, 4.69) is 5.32 Å². The first kappa shape index (κ1) is 16.8. The highest BCUT2D eigenvalue weighted by atomic mass is 35.5. The molecule has 0 saturated heterocycles. The molecular weight excluding hydrogens is 321 g/mol. The Morgan fingerprint density at radius 3 is 2.64 bits per heavy atom. The van der Waals surface area contributed by atoms with Crippen LogP contribution in [0.4, 0.5) is 4.39 Å². The van der Waals surface area contributed by atoms with E-state index in [1.807, 2.05) is 24.3 Å². The molecule has 0 aromatic heterocycles. The number of amides is 1. The van der Waals surface area contributed by atoms with Crippen molar-refractivity contribution in [2.45, 2.75) is 12.2 Å². The van der Waals surface area contributed by atoms with Crippen molar-refractivity contribution >= 4 is 29.3 Å². The summed E-state index contributed by atoms with van der Waals surface area (Å²) in [7, 11) is 0. The van der Waals surface area contributed by atoms with Gasteiger partial charge in [-0.3, -0.25) is 4.79 Å². The Bertz CT molecular complexity index is 618. The minimum Gasteiger partial charge on any atom is -0.355 e. The molecule has 0 atom stereocenters. The van der Waals surface area contributed by atoms with Crippen LogP contribution in [0.3, 0.4) is 0 Å². The standard InChI is InChI=1S/C17H17ClFNOS/c18-15-3-1-2-14(10-15)11-22-12-17(21)20-9-8-13-4-6-16(19)7-5-13/h1-7,10H,8-9,11-12H2,(H,20,21). The zero-order chi connectivity index (χ0) is 15.8. The van der Waals surface area contributed by atoms with Crippen LogP contribution < -0.4 is 5.32 Å². The van der Waals surface area contributed by atoms with E-state index < -0.39 is 0 Å². The van der Waals surface area contributed by atoms with Crippen LogP contribution in [0.25, 0.3) is 0 Å². The third-order valence-electron chi connectivity index (χ3n) is 3.04. The molecule has 116 valence electrons. The molecule has 2 nitrogen and oxygen atoms in total. The van der Waals surface area contributed by atoms with Crippen molar-refractivity contribution in [1.29, 1.82) is 0 Å². The van der Waals surface area contributed by atoms with E-state index in [0.29, 0.717) is 23.7 Å². The van der Waals surface area contributed by atoms with Gasteiger partial charge in [0.15, 0.2) is 0 Å². The molecule has 0 aliphatic rings. The summed E-state index contributed by atoms with van der Waals surface area (Å²) in [5.41, 5.74) is 2.12. The van der Waals surface area contributed by atoms with E-state index in [1.54, 1.807) is 23.9 Å². The highest BCUT2D eigenvalue weighted by molar-refractivity contribution is 7.99. The van der Waals surface area contributed by atoms with Gasteiger partial charge in [0.05, 0.1) is 5.75 Å². The summed E-state index contributed by atoms with van der Waals surface area (Å²) >= 11 is 7.46. The van der Waals surface area contributed by atoms with Crippen molar-refractivity contribution < 1.29 is 9.18 Å². The van der Waals surface area contributed by atoms with Gasteiger partial charge in [-0.05, 0) is 41.8 Å². The first-order valence-electron chi connectivity index (χ1n) is 6.97. The Hall–Kier alpha value is -1.52. The van der Waals surface area contributed by atoms with Gasteiger partial charge in [-0.25, -0.2) is 4.39 Å². The summed E-state index contributed by atoms with van der Waals surface area (Å²) in [5.74, 6) is 0.932. The van der Waals surface area contributed by atoms with Crippen LogP contribution in [0.2, 0.25) is 5.02 Å². The lowest BCUT2D eigenvalue weighted by molar-refractivity contribution is -0.118. The molecule has 0 radical (unpaired) electrons. The Morgan fingerprint density at radius 1 is 1.14 bits per heavy atom. The SMILES string of the molecule is O=C(CSCc1cccc(Cl)c1)NCCc1ccc(F)cc1. The Kier molecular flexibility index (Phi) is 6.74. The smallest absolute Gasteiger partial charge is 0.230 e. The molecule has 0 aliphatic heterocycles. The maximum absolute atomic E-state index is 12.8. The van der Waals surface area contributed by atoms with E-state index in [0.717, 1.165) is 16.9 Å². The number of carbonyl (C=O) groups is 1. The van der Waals surface area contributed by atoms with Gasteiger partial charge in [0, 0.05) is 17.3 Å². The topological polar surface area (TPSA) is 29.1 Å². The number of nitrogens with one attached hydrogen (secondary N) is 1. The van der Waals surface area contributed by atoms with E-state index >= 15 is 0 Å². The molecule has 2 aromatic rings. The number of hydrogen-bond acceptors (Lipinski definition) is 2. The summed E-state index contributed by atoms with van der Waals surface area (Å²) in [4.78, 5) is 11.7. The molecule has 0 unspecified atom stereocenters. The van der Waals surface area contributed by atoms with E-state index in [9.17, 15) is 9.18 Å². The molecule has 22 heavy (non-hydrogen) atoms. The maximum Gasteiger partial charge on any atom is 0.230 e. The molecule has 0 aliphatic carbocycles. The highest BCUT2D eigenvalue weighted by Crippen LogP contribution is 2.16. The van der Waals surface area contributed by atoms with Crippen LogP contribution in [0, 0.1) is 5.82 Å². The third-order valence-corrected chi connectivity index (χ3v) is 4.28. The van der Waals surface area contributed by atoms with E-state index in [1.165, 1.54) is 12.1 Å². The lowest BCUT2D eigenvalue weighted by Crippen LogP contribution is -2.27. The zero-order valence-electron chi connectivity index (χ0n) is 12.0. The molecule has 0 heterocycles. The average Bonchev–Trinajstić information content (AvgIpc) is 2.49. The Labute approximate surface area is 139 Å². The second-order valence-electron chi connectivity index (χ2n) is 4.85. The number of hydrogen-bond donors (Lipinski definition) is 1. The molecule has 0 fully saturated rings. The molecular formula is C17H17ClFNOS.